The van der Waals surface area contributed by atoms with Crippen molar-refractivity contribution in [3.63, 3.8) is 0 Å². The van der Waals surface area contributed by atoms with Crippen LogP contribution in [-0.2, 0) is 12.4 Å². The maximum atomic E-state index is 13.2. The number of carbonyl (C=O) groups excluding carboxylic acids is 1. The number of benzene rings is 3. The van der Waals surface area contributed by atoms with E-state index in [1.165, 1.54) is 36.4 Å². The molecule has 0 saturated carbocycles. The third-order valence-corrected chi connectivity index (χ3v) is 4.78. The Hall–Kier alpha value is -4.11. The lowest BCUT2D eigenvalue weighted by atomic mass is 10.1. The molecule has 12 heteroatoms. The Kier molecular flexibility index (Phi) is 7.31. The lowest BCUT2D eigenvalue weighted by Crippen LogP contribution is -2.22. The van der Waals surface area contributed by atoms with Crippen LogP contribution in [0.15, 0.2) is 66.7 Å². The number of amides is 1. The Balaban J connectivity index is 1.77. The van der Waals surface area contributed by atoms with Crippen molar-refractivity contribution in [3.05, 3.63) is 89.0 Å². The molecule has 0 aliphatic heterocycles. The van der Waals surface area contributed by atoms with Crippen molar-refractivity contribution in [1.82, 2.24) is 0 Å². The van der Waals surface area contributed by atoms with Crippen LogP contribution in [-0.4, -0.2) is 11.0 Å². The second-order valence-electron chi connectivity index (χ2n) is 7.03. The van der Waals surface area contributed by atoms with Crippen molar-refractivity contribution in [2.75, 3.05) is 16.0 Å². The van der Waals surface area contributed by atoms with Crippen LogP contribution >= 0.6 is 12.2 Å². The second kappa shape index (κ2) is 10.0. The normalized spacial score (nSPS) is 11.3. The van der Waals surface area contributed by atoms with Gasteiger partial charge in [0.15, 0.2) is 5.11 Å². The van der Waals surface area contributed by atoms with E-state index < -0.39 is 35.0 Å². The topological polar surface area (TPSA) is 77.0 Å². The van der Waals surface area contributed by atoms with Crippen molar-refractivity contribution in [2.45, 2.75) is 12.4 Å². The first-order valence-corrected chi connectivity index (χ1v) is 10.1. The summed E-state index contributed by atoms with van der Waals surface area (Å²) < 4.78 is 78.3. The molecule has 0 bridgehead atoms. The average molecular weight is 508 g/mol. The van der Waals surface area contributed by atoms with E-state index in [9.17, 15) is 31.1 Å². The predicted molar refractivity (Wildman–Crippen MR) is 122 cm³/mol. The molecule has 0 aliphatic carbocycles. The summed E-state index contributed by atoms with van der Waals surface area (Å²) >= 11 is 5.12. The summed E-state index contributed by atoms with van der Waals surface area (Å²) in [5.74, 6) is -0.743. The lowest BCUT2D eigenvalue weighted by Gasteiger charge is -2.16. The highest BCUT2D eigenvalue weighted by Crippen LogP contribution is 2.34. The number of para-hydroxylation sites is 1. The van der Waals surface area contributed by atoms with Crippen LogP contribution in [0.5, 0.6) is 0 Å². The van der Waals surface area contributed by atoms with E-state index in [2.05, 4.69) is 16.0 Å². The fraction of sp³-hybridized carbons (Fsp3) is 0.0870. The molecule has 35 heavy (non-hydrogen) atoms. The number of thiocarbonyl (C=S) groups is 1. The molecule has 0 aromatic heterocycles. The number of rotatable bonds is 4. The number of nitrogens with zero attached hydrogens (tertiary/aromatic N) is 1. The Morgan fingerprint density at radius 1 is 0.800 bits per heavy atom. The van der Waals surface area contributed by atoms with Gasteiger partial charge >= 0.3 is 12.4 Å². The zero-order chi connectivity index (χ0) is 25.8. The number of hydrogen-bond donors (Lipinski definition) is 3. The molecule has 0 radical (unpaired) electrons. The summed E-state index contributed by atoms with van der Waals surface area (Å²) in [6.07, 6.45) is -9.35. The highest BCUT2D eigenvalue weighted by atomic mass is 32.1. The summed E-state index contributed by atoms with van der Waals surface area (Å²) in [5, 5.41) is 16.3. The first kappa shape index (κ1) is 25.5. The molecule has 3 aromatic carbocycles. The van der Waals surface area contributed by atoms with Gasteiger partial charge in [-0.3, -0.25) is 4.79 Å². The lowest BCUT2D eigenvalue weighted by molar-refractivity contribution is -0.138. The number of halogens is 6. The van der Waals surface area contributed by atoms with Crippen LogP contribution in [0.1, 0.15) is 27.0 Å². The van der Waals surface area contributed by atoms with E-state index in [4.69, 9.17) is 17.5 Å². The summed E-state index contributed by atoms with van der Waals surface area (Å²) in [6.45, 7) is 0. The fourth-order valence-corrected chi connectivity index (χ4v) is 3.23. The van der Waals surface area contributed by atoms with E-state index >= 15 is 0 Å². The van der Waals surface area contributed by atoms with Gasteiger partial charge in [0.1, 0.15) is 0 Å². The molecule has 0 atom stereocenters. The minimum Gasteiger partial charge on any atom is -0.332 e. The van der Waals surface area contributed by atoms with Crippen LogP contribution in [0.3, 0.4) is 0 Å². The van der Waals surface area contributed by atoms with E-state index in [0.29, 0.717) is 0 Å². The zero-order valence-electron chi connectivity index (χ0n) is 17.4. The Morgan fingerprint density at radius 3 is 2.14 bits per heavy atom. The smallest absolute Gasteiger partial charge is 0.332 e. The Bertz CT molecular complexity index is 1310. The van der Waals surface area contributed by atoms with Gasteiger partial charge in [-0.25, -0.2) is 0 Å². The third kappa shape index (κ3) is 6.48. The van der Waals surface area contributed by atoms with Gasteiger partial charge in [-0.15, -0.1) is 0 Å². The standard InChI is InChI=1S/C23H14F6N4OS/c24-22(25,26)14-4-3-5-15(10-14)31-20(34)17-6-1-2-7-19(17)33-21(35)32-16-9-8-13(12-30)18(11-16)23(27,28)29/h1-11H,(H,31,34)(H2,32,33,35). The summed E-state index contributed by atoms with van der Waals surface area (Å²) in [6, 6.07) is 14.4. The van der Waals surface area contributed by atoms with Gasteiger partial charge in [0.25, 0.3) is 5.91 Å². The largest absolute Gasteiger partial charge is 0.417 e. The number of hydrogen-bond acceptors (Lipinski definition) is 3. The van der Waals surface area contributed by atoms with E-state index in [1.54, 1.807) is 6.07 Å². The first-order valence-electron chi connectivity index (χ1n) is 9.65. The number of nitrogens with one attached hydrogen (secondary N) is 3. The van der Waals surface area contributed by atoms with Crippen LogP contribution in [0, 0.1) is 11.3 Å². The molecule has 0 unspecified atom stereocenters. The predicted octanol–water partition coefficient (Wildman–Crippen LogP) is 6.66. The summed E-state index contributed by atoms with van der Waals surface area (Å²) in [4.78, 5) is 12.7. The average Bonchev–Trinajstić information content (AvgIpc) is 2.78. The molecule has 5 nitrogen and oxygen atoms in total. The van der Waals surface area contributed by atoms with E-state index in [1.807, 2.05) is 0 Å². The minimum absolute atomic E-state index is 0.0184. The SMILES string of the molecule is N#Cc1ccc(NC(=S)Nc2ccccc2C(=O)Nc2cccc(C(F)(F)F)c2)cc1C(F)(F)F. The molecular weight excluding hydrogens is 494 g/mol. The molecule has 180 valence electrons. The quantitative estimate of drug-likeness (QED) is 0.272. The van der Waals surface area contributed by atoms with Crippen LogP contribution in [0.25, 0.3) is 0 Å². The van der Waals surface area contributed by atoms with Crippen molar-refractivity contribution < 1.29 is 31.1 Å². The molecular formula is C23H14F6N4OS. The van der Waals surface area contributed by atoms with Gasteiger partial charge in [-0.1, -0.05) is 18.2 Å². The minimum atomic E-state index is -4.76. The van der Waals surface area contributed by atoms with E-state index in [-0.39, 0.29) is 27.7 Å². The molecule has 3 rings (SSSR count). The van der Waals surface area contributed by atoms with Crippen molar-refractivity contribution in [2.24, 2.45) is 0 Å². The highest BCUT2D eigenvalue weighted by Gasteiger charge is 2.34. The van der Waals surface area contributed by atoms with Crippen molar-refractivity contribution >= 4 is 40.3 Å². The van der Waals surface area contributed by atoms with Crippen molar-refractivity contribution in [1.29, 1.82) is 5.26 Å². The Morgan fingerprint density at radius 2 is 1.49 bits per heavy atom. The molecule has 0 heterocycles. The first-order chi connectivity index (χ1) is 16.4. The molecule has 3 N–H and O–H groups in total. The van der Waals surface area contributed by atoms with E-state index in [0.717, 1.165) is 30.3 Å². The van der Waals surface area contributed by atoms with Gasteiger partial charge in [-0.2, -0.15) is 31.6 Å². The monoisotopic (exact) mass is 508 g/mol. The molecule has 0 saturated heterocycles. The number of alkyl halides is 6. The fourth-order valence-electron chi connectivity index (χ4n) is 3.00. The highest BCUT2D eigenvalue weighted by molar-refractivity contribution is 7.80. The van der Waals surface area contributed by atoms with Crippen LogP contribution in [0.2, 0.25) is 0 Å². The summed E-state index contributed by atoms with van der Waals surface area (Å²) in [5.41, 5.74) is -2.61. The van der Waals surface area contributed by atoms with Crippen LogP contribution < -0.4 is 16.0 Å². The number of carbonyl (C=O) groups is 1. The van der Waals surface area contributed by atoms with Crippen molar-refractivity contribution in [3.8, 4) is 6.07 Å². The summed E-state index contributed by atoms with van der Waals surface area (Å²) in [7, 11) is 0. The third-order valence-electron chi connectivity index (χ3n) is 4.57. The maximum Gasteiger partial charge on any atom is 0.417 e. The molecule has 0 fully saturated rings. The zero-order valence-corrected chi connectivity index (χ0v) is 18.2. The molecule has 1 amide bonds. The molecule has 3 aromatic rings. The van der Waals surface area contributed by atoms with Gasteiger partial charge < -0.3 is 16.0 Å². The van der Waals surface area contributed by atoms with Crippen LogP contribution in [0.4, 0.5) is 43.4 Å². The molecule has 0 spiro atoms. The van der Waals surface area contributed by atoms with Gasteiger partial charge in [0.05, 0.1) is 34.0 Å². The maximum absolute atomic E-state index is 13.2. The number of nitriles is 1. The van der Waals surface area contributed by atoms with Gasteiger partial charge in [0.2, 0.25) is 0 Å². The molecule has 0 aliphatic rings. The van der Waals surface area contributed by atoms with Gasteiger partial charge in [0, 0.05) is 11.4 Å². The Labute approximate surface area is 200 Å². The number of anilines is 3. The van der Waals surface area contributed by atoms with Gasteiger partial charge in [-0.05, 0) is 60.7 Å². The second-order valence-corrected chi connectivity index (χ2v) is 7.44.